The molecule has 0 aliphatic carbocycles. The quantitative estimate of drug-likeness (QED) is 0.627. The lowest BCUT2D eigenvalue weighted by Crippen LogP contribution is -2.47. The summed E-state index contributed by atoms with van der Waals surface area (Å²) in [5.41, 5.74) is 2.37. The lowest BCUT2D eigenvalue weighted by atomic mass is 9.93. The van der Waals surface area contributed by atoms with Crippen LogP contribution in [0.4, 0.5) is 0 Å². The Kier molecular flexibility index (Phi) is 6.68. The number of piperazine rings is 1. The second kappa shape index (κ2) is 9.35. The average molecular weight is 469 g/mol. The van der Waals surface area contributed by atoms with E-state index in [0.717, 1.165) is 42.6 Å². The molecule has 33 heavy (non-hydrogen) atoms. The van der Waals surface area contributed by atoms with Gasteiger partial charge in [0.2, 0.25) is 5.91 Å². The van der Waals surface area contributed by atoms with E-state index < -0.39 is 11.6 Å². The molecule has 0 aromatic heterocycles. The number of aliphatic imine (C=N–C) groups is 1. The van der Waals surface area contributed by atoms with Gasteiger partial charge in [-0.25, -0.2) is 9.79 Å². The van der Waals surface area contributed by atoms with Crippen molar-refractivity contribution in [2.75, 3.05) is 33.2 Å². The molecule has 1 aromatic carbocycles. The van der Waals surface area contributed by atoms with Crippen LogP contribution >= 0.6 is 11.8 Å². The van der Waals surface area contributed by atoms with Gasteiger partial charge >= 0.3 is 5.97 Å². The van der Waals surface area contributed by atoms with Gasteiger partial charge in [-0.05, 0) is 45.7 Å². The van der Waals surface area contributed by atoms with Crippen LogP contribution < -0.4 is 0 Å². The number of esters is 1. The molecule has 3 heterocycles. The van der Waals surface area contributed by atoms with Gasteiger partial charge in [0.25, 0.3) is 0 Å². The Morgan fingerprint density at radius 1 is 1.12 bits per heavy atom. The minimum absolute atomic E-state index is 0.105. The first-order valence-electron chi connectivity index (χ1n) is 11.3. The Labute approximate surface area is 200 Å². The van der Waals surface area contributed by atoms with Crippen LogP contribution in [-0.2, 0) is 14.3 Å². The molecular weight excluding hydrogens is 436 g/mol. The van der Waals surface area contributed by atoms with Crippen LogP contribution in [0.2, 0.25) is 0 Å². The third-order valence-electron chi connectivity index (χ3n) is 5.92. The fraction of sp³-hybridized carbons (Fsp3) is 0.480. The number of fused-ring (bicyclic) bond motifs is 1. The van der Waals surface area contributed by atoms with Crippen molar-refractivity contribution < 1.29 is 14.3 Å². The molecule has 0 unspecified atom stereocenters. The lowest BCUT2D eigenvalue weighted by molar-refractivity contribution is -0.150. The summed E-state index contributed by atoms with van der Waals surface area (Å²) in [5, 5.41) is 2.78. The zero-order chi connectivity index (χ0) is 23.8. The highest BCUT2D eigenvalue weighted by atomic mass is 32.2. The summed E-state index contributed by atoms with van der Waals surface area (Å²) in [7, 11) is 2.08. The van der Waals surface area contributed by atoms with E-state index in [0.29, 0.717) is 11.3 Å². The SMILES string of the molecule is CC1=C(C(=O)OC(C)(C)C)[C@@H](c2ccccc2)N2C(CC(=O)N3CCN(C)CC3)=CSC2=N1. The number of carbonyl (C=O) groups excluding carboxylic acids is 2. The van der Waals surface area contributed by atoms with Gasteiger partial charge in [-0.2, -0.15) is 0 Å². The van der Waals surface area contributed by atoms with Crippen molar-refractivity contribution in [3.8, 4) is 0 Å². The molecule has 4 rings (SSSR count). The number of likely N-dealkylation sites (N-methyl/N-ethyl adjacent to an activating group) is 1. The van der Waals surface area contributed by atoms with Gasteiger partial charge < -0.3 is 19.4 Å². The average Bonchev–Trinajstić information content (AvgIpc) is 3.14. The van der Waals surface area contributed by atoms with E-state index in [1.807, 2.05) is 73.2 Å². The molecule has 7 nitrogen and oxygen atoms in total. The number of benzene rings is 1. The van der Waals surface area contributed by atoms with Crippen LogP contribution in [0.1, 0.15) is 45.7 Å². The van der Waals surface area contributed by atoms with Crippen LogP contribution in [0.15, 0.2) is 57.7 Å². The molecule has 0 saturated carbocycles. The highest BCUT2D eigenvalue weighted by Gasteiger charge is 2.42. The van der Waals surface area contributed by atoms with E-state index in [2.05, 4.69) is 11.9 Å². The minimum atomic E-state index is -0.620. The monoisotopic (exact) mass is 468 g/mol. The number of allylic oxidation sites excluding steroid dienone is 1. The number of thioether (sulfide) groups is 1. The fourth-order valence-corrected chi connectivity index (χ4v) is 5.20. The number of hydrogen-bond donors (Lipinski definition) is 0. The highest BCUT2D eigenvalue weighted by Crippen LogP contribution is 2.45. The summed E-state index contributed by atoms with van der Waals surface area (Å²) in [6, 6.07) is 9.50. The van der Waals surface area contributed by atoms with E-state index in [-0.39, 0.29) is 18.3 Å². The van der Waals surface area contributed by atoms with Crippen molar-refractivity contribution in [3.63, 3.8) is 0 Å². The lowest BCUT2D eigenvalue weighted by Gasteiger charge is -2.38. The standard InChI is InChI=1S/C25H32N4O3S/c1-17-21(23(31)32-25(2,3)4)22(18-9-7-6-8-10-18)29-19(16-33-24(29)26-17)15-20(30)28-13-11-27(5)12-14-28/h6-10,16,22H,11-15H2,1-5H3/t22-/m1/s1. The van der Waals surface area contributed by atoms with Gasteiger partial charge in [-0.3, -0.25) is 4.79 Å². The molecule has 8 heteroatoms. The van der Waals surface area contributed by atoms with Crippen molar-refractivity contribution in [1.29, 1.82) is 0 Å². The maximum atomic E-state index is 13.3. The Balaban J connectivity index is 1.65. The number of carbonyl (C=O) groups is 2. The molecule has 3 aliphatic rings. The highest BCUT2D eigenvalue weighted by molar-refractivity contribution is 8.16. The number of ether oxygens (including phenoxy) is 1. The summed E-state index contributed by atoms with van der Waals surface area (Å²) in [5.74, 6) is -0.272. The van der Waals surface area contributed by atoms with Crippen LogP contribution in [0.3, 0.4) is 0 Å². The number of hydrogen-bond acceptors (Lipinski definition) is 7. The van der Waals surface area contributed by atoms with E-state index >= 15 is 0 Å². The van der Waals surface area contributed by atoms with Gasteiger partial charge in [0.05, 0.1) is 23.7 Å². The van der Waals surface area contributed by atoms with Gasteiger partial charge in [0.1, 0.15) is 5.60 Å². The number of amidine groups is 1. The summed E-state index contributed by atoms with van der Waals surface area (Å²) >= 11 is 1.50. The predicted molar refractivity (Wildman–Crippen MR) is 131 cm³/mol. The van der Waals surface area contributed by atoms with E-state index in [1.54, 1.807) is 0 Å². The van der Waals surface area contributed by atoms with Crippen LogP contribution in [0, 0.1) is 0 Å². The van der Waals surface area contributed by atoms with Gasteiger partial charge in [0, 0.05) is 31.9 Å². The number of nitrogens with zero attached hydrogens (tertiary/aromatic N) is 4. The topological polar surface area (TPSA) is 65.5 Å². The van der Waals surface area contributed by atoms with Crippen LogP contribution in [0.25, 0.3) is 0 Å². The Morgan fingerprint density at radius 2 is 1.79 bits per heavy atom. The molecule has 1 amide bonds. The molecule has 3 aliphatic heterocycles. The molecule has 1 saturated heterocycles. The largest absolute Gasteiger partial charge is 0.456 e. The van der Waals surface area contributed by atoms with Crippen molar-refractivity contribution in [1.82, 2.24) is 14.7 Å². The predicted octanol–water partition coefficient (Wildman–Crippen LogP) is 3.77. The third-order valence-corrected chi connectivity index (χ3v) is 6.81. The Morgan fingerprint density at radius 3 is 2.42 bits per heavy atom. The Hall–Kier alpha value is -2.58. The molecule has 1 atom stereocenters. The van der Waals surface area contributed by atoms with Crippen molar-refractivity contribution in [2.24, 2.45) is 4.99 Å². The molecule has 0 radical (unpaired) electrons. The first-order chi connectivity index (χ1) is 15.6. The smallest absolute Gasteiger partial charge is 0.338 e. The van der Waals surface area contributed by atoms with E-state index in [9.17, 15) is 9.59 Å². The van der Waals surface area contributed by atoms with Crippen LogP contribution in [0.5, 0.6) is 0 Å². The van der Waals surface area contributed by atoms with Gasteiger partial charge in [-0.15, -0.1) is 0 Å². The van der Waals surface area contributed by atoms with Gasteiger partial charge in [-0.1, -0.05) is 42.1 Å². The molecular formula is C25H32N4O3S. The first kappa shape index (κ1) is 23.6. The van der Waals surface area contributed by atoms with E-state index in [4.69, 9.17) is 9.73 Å². The second-order valence-electron chi connectivity index (χ2n) is 9.67. The third kappa shape index (κ3) is 5.17. The van der Waals surface area contributed by atoms with E-state index in [1.165, 1.54) is 11.8 Å². The molecule has 0 spiro atoms. The van der Waals surface area contributed by atoms with Gasteiger partial charge in [0.15, 0.2) is 5.17 Å². The number of amides is 1. The molecule has 176 valence electrons. The summed E-state index contributed by atoms with van der Waals surface area (Å²) < 4.78 is 5.77. The summed E-state index contributed by atoms with van der Waals surface area (Å²) in [6.45, 7) is 10.7. The minimum Gasteiger partial charge on any atom is -0.456 e. The maximum absolute atomic E-state index is 13.3. The van der Waals surface area contributed by atoms with Crippen molar-refractivity contribution in [3.05, 3.63) is 58.3 Å². The zero-order valence-corrected chi connectivity index (χ0v) is 20.8. The Bertz CT molecular complexity index is 1020. The normalized spacial score (nSPS) is 21.5. The fourth-order valence-electron chi connectivity index (χ4n) is 4.24. The van der Waals surface area contributed by atoms with Crippen molar-refractivity contribution >= 4 is 28.8 Å². The molecule has 1 fully saturated rings. The van der Waals surface area contributed by atoms with Crippen molar-refractivity contribution in [2.45, 2.75) is 45.8 Å². The van der Waals surface area contributed by atoms with Crippen LogP contribution in [-0.4, -0.2) is 70.6 Å². The summed E-state index contributed by atoms with van der Waals surface area (Å²) in [6.07, 6.45) is 0.277. The second-order valence-corrected chi connectivity index (χ2v) is 10.5. The summed E-state index contributed by atoms with van der Waals surface area (Å²) in [4.78, 5) is 37.4. The zero-order valence-electron chi connectivity index (χ0n) is 20.0. The molecule has 1 aromatic rings. The maximum Gasteiger partial charge on any atom is 0.338 e. The molecule has 0 N–H and O–H groups in total. The number of rotatable bonds is 4. The first-order valence-corrected chi connectivity index (χ1v) is 12.2. The molecule has 0 bridgehead atoms.